The first-order valence-corrected chi connectivity index (χ1v) is 9.21. The number of rotatable bonds is 10. The minimum Gasteiger partial charge on any atom is -0.508 e. The zero-order valence-electron chi connectivity index (χ0n) is 16.1. The fraction of sp³-hybridized carbons (Fsp3) is 0.286. The Hall–Kier alpha value is -3.39. The number of aromatic hydroxyl groups is 1. The van der Waals surface area contributed by atoms with Gasteiger partial charge in [-0.15, -0.1) is 0 Å². The van der Waals surface area contributed by atoms with Crippen LogP contribution in [0.15, 0.2) is 54.6 Å². The highest BCUT2D eigenvalue weighted by atomic mass is 16.4. The van der Waals surface area contributed by atoms with E-state index >= 15 is 0 Å². The number of phenolic OH excluding ortho intramolecular Hbond substituents is 1. The van der Waals surface area contributed by atoms with Gasteiger partial charge in [0.1, 0.15) is 11.8 Å². The maximum atomic E-state index is 12.1. The van der Waals surface area contributed by atoms with Gasteiger partial charge in [0, 0.05) is 18.5 Å². The Morgan fingerprint density at radius 2 is 1.66 bits per heavy atom. The van der Waals surface area contributed by atoms with Crippen molar-refractivity contribution in [2.75, 3.05) is 6.54 Å². The van der Waals surface area contributed by atoms with Crippen LogP contribution in [-0.2, 0) is 27.3 Å². The van der Waals surface area contributed by atoms with Gasteiger partial charge in [0.25, 0.3) is 0 Å². The number of para-hydroxylation sites is 1. The number of phenols is 1. The molecule has 2 rings (SSSR count). The Bertz CT molecular complexity index is 841. The molecule has 0 aliphatic heterocycles. The van der Waals surface area contributed by atoms with Crippen LogP contribution in [0.3, 0.4) is 0 Å². The number of hydrogen-bond acceptors (Lipinski definition) is 5. The molecule has 0 aromatic heterocycles. The van der Waals surface area contributed by atoms with Gasteiger partial charge in [0.2, 0.25) is 11.8 Å². The third-order valence-corrected chi connectivity index (χ3v) is 4.32. The number of carboxylic acid groups (broad SMARTS) is 1. The summed E-state index contributed by atoms with van der Waals surface area (Å²) in [5.41, 5.74) is 1.43. The van der Waals surface area contributed by atoms with Crippen LogP contribution in [0, 0.1) is 0 Å². The molecule has 0 aliphatic rings. The van der Waals surface area contributed by atoms with Crippen LogP contribution in [0.1, 0.15) is 18.1 Å². The fourth-order valence-corrected chi connectivity index (χ4v) is 2.63. The molecule has 0 radical (unpaired) electrons. The second-order valence-corrected chi connectivity index (χ2v) is 6.60. The van der Waals surface area contributed by atoms with Gasteiger partial charge in [-0.3, -0.25) is 9.59 Å². The van der Waals surface area contributed by atoms with Crippen molar-refractivity contribution in [2.24, 2.45) is 0 Å². The molecule has 5 N–H and O–H groups in total. The molecule has 29 heavy (non-hydrogen) atoms. The van der Waals surface area contributed by atoms with E-state index in [0.29, 0.717) is 5.56 Å². The van der Waals surface area contributed by atoms with Crippen molar-refractivity contribution in [3.05, 3.63) is 65.7 Å². The van der Waals surface area contributed by atoms with Gasteiger partial charge in [-0.05, 0) is 18.6 Å². The summed E-state index contributed by atoms with van der Waals surface area (Å²) in [5.74, 6) is -2.02. The quantitative estimate of drug-likeness (QED) is 0.402. The summed E-state index contributed by atoms with van der Waals surface area (Å²) < 4.78 is 0. The third-order valence-electron chi connectivity index (χ3n) is 4.32. The van der Waals surface area contributed by atoms with Crippen LogP contribution in [0.5, 0.6) is 5.75 Å². The van der Waals surface area contributed by atoms with Crippen molar-refractivity contribution in [3.63, 3.8) is 0 Å². The molecule has 0 saturated heterocycles. The van der Waals surface area contributed by atoms with E-state index in [1.54, 1.807) is 55.5 Å². The standard InChI is InChI=1S/C21H25N3O5/c1-14(22-12-16-9-5-6-10-18(16)25)20(27)23-13-19(26)24-17(21(28)29)11-15-7-3-2-4-8-15/h2-10,14,17,22,25H,11-13H2,1H3,(H,23,27)(H,24,26)(H,28,29)/t14?,17-/m0/s1. The summed E-state index contributed by atoms with van der Waals surface area (Å²) in [7, 11) is 0. The number of nitrogens with one attached hydrogen (secondary N) is 3. The van der Waals surface area contributed by atoms with Gasteiger partial charge < -0.3 is 26.2 Å². The molecule has 8 heteroatoms. The van der Waals surface area contributed by atoms with E-state index in [4.69, 9.17) is 0 Å². The first-order chi connectivity index (χ1) is 13.9. The zero-order valence-corrected chi connectivity index (χ0v) is 16.1. The van der Waals surface area contributed by atoms with Crippen molar-refractivity contribution in [1.29, 1.82) is 0 Å². The van der Waals surface area contributed by atoms with Crippen molar-refractivity contribution < 1.29 is 24.6 Å². The molecule has 0 aliphatic carbocycles. The highest BCUT2D eigenvalue weighted by Gasteiger charge is 2.21. The highest BCUT2D eigenvalue weighted by Crippen LogP contribution is 2.14. The molecule has 154 valence electrons. The van der Waals surface area contributed by atoms with E-state index in [0.717, 1.165) is 5.56 Å². The number of benzene rings is 2. The molecule has 2 aromatic carbocycles. The largest absolute Gasteiger partial charge is 0.508 e. The normalized spacial score (nSPS) is 12.6. The van der Waals surface area contributed by atoms with Crippen LogP contribution in [-0.4, -0.2) is 46.6 Å². The summed E-state index contributed by atoms with van der Waals surface area (Å²) in [4.78, 5) is 35.6. The van der Waals surface area contributed by atoms with E-state index in [1.807, 2.05) is 6.07 Å². The van der Waals surface area contributed by atoms with Gasteiger partial charge in [0.15, 0.2) is 0 Å². The summed E-state index contributed by atoms with van der Waals surface area (Å²) in [6, 6.07) is 14.0. The average molecular weight is 399 g/mol. The Balaban J connectivity index is 1.78. The van der Waals surface area contributed by atoms with Crippen molar-refractivity contribution in [2.45, 2.75) is 32.0 Å². The topological polar surface area (TPSA) is 128 Å². The lowest BCUT2D eigenvalue weighted by molar-refractivity contribution is -0.141. The van der Waals surface area contributed by atoms with Gasteiger partial charge >= 0.3 is 5.97 Å². The molecule has 2 aromatic rings. The maximum Gasteiger partial charge on any atom is 0.326 e. The molecule has 0 saturated carbocycles. The minimum atomic E-state index is -1.15. The summed E-state index contributed by atoms with van der Waals surface area (Å²) >= 11 is 0. The predicted octanol–water partition coefficient (Wildman–Crippen LogP) is 0.799. The van der Waals surface area contributed by atoms with E-state index in [9.17, 15) is 24.6 Å². The molecular formula is C21H25N3O5. The molecule has 2 atom stereocenters. The van der Waals surface area contributed by atoms with Gasteiger partial charge in [-0.1, -0.05) is 48.5 Å². The van der Waals surface area contributed by atoms with E-state index in [-0.39, 0.29) is 25.3 Å². The zero-order chi connectivity index (χ0) is 21.2. The molecule has 0 heterocycles. The van der Waals surface area contributed by atoms with E-state index < -0.39 is 29.9 Å². The molecule has 0 spiro atoms. The second kappa shape index (κ2) is 10.8. The van der Waals surface area contributed by atoms with Crippen molar-refractivity contribution in [1.82, 2.24) is 16.0 Å². The average Bonchev–Trinajstić information content (AvgIpc) is 2.71. The smallest absolute Gasteiger partial charge is 0.326 e. The number of carbonyl (C=O) groups is 3. The Morgan fingerprint density at radius 1 is 1.00 bits per heavy atom. The maximum absolute atomic E-state index is 12.1. The Morgan fingerprint density at radius 3 is 2.31 bits per heavy atom. The van der Waals surface area contributed by atoms with Crippen LogP contribution >= 0.6 is 0 Å². The predicted molar refractivity (Wildman–Crippen MR) is 107 cm³/mol. The van der Waals surface area contributed by atoms with Crippen molar-refractivity contribution >= 4 is 17.8 Å². The highest BCUT2D eigenvalue weighted by molar-refractivity contribution is 5.89. The molecule has 8 nitrogen and oxygen atoms in total. The van der Waals surface area contributed by atoms with E-state index in [1.165, 1.54) is 0 Å². The lowest BCUT2D eigenvalue weighted by Crippen LogP contribution is -2.49. The van der Waals surface area contributed by atoms with Crippen molar-refractivity contribution in [3.8, 4) is 5.75 Å². The van der Waals surface area contributed by atoms with E-state index in [2.05, 4.69) is 16.0 Å². The minimum absolute atomic E-state index is 0.130. The lowest BCUT2D eigenvalue weighted by Gasteiger charge is -2.17. The fourth-order valence-electron chi connectivity index (χ4n) is 2.63. The lowest BCUT2D eigenvalue weighted by atomic mass is 10.1. The monoisotopic (exact) mass is 399 g/mol. The Kier molecular flexibility index (Phi) is 8.17. The second-order valence-electron chi connectivity index (χ2n) is 6.60. The number of hydrogen-bond donors (Lipinski definition) is 5. The molecule has 2 amide bonds. The molecule has 0 fully saturated rings. The molecule has 0 bridgehead atoms. The van der Waals surface area contributed by atoms with Crippen LogP contribution in [0.2, 0.25) is 0 Å². The van der Waals surface area contributed by atoms with Crippen LogP contribution in [0.4, 0.5) is 0 Å². The van der Waals surface area contributed by atoms with Gasteiger partial charge in [0.05, 0.1) is 12.6 Å². The molecule has 1 unspecified atom stereocenters. The number of carbonyl (C=O) groups excluding carboxylic acids is 2. The van der Waals surface area contributed by atoms with Crippen LogP contribution in [0.25, 0.3) is 0 Å². The summed E-state index contributed by atoms with van der Waals surface area (Å²) in [6.45, 7) is 1.58. The third kappa shape index (κ3) is 7.27. The first-order valence-electron chi connectivity index (χ1n) is 9.21. The number of aliphatic carboxylic acids is 1. The first kappa shape index (κ1) is 21.9. The van der Waals surface area contributed by atoms with Gasteiger partial charge in [-0.25, -0.2) is 4.79 Å². The Labute approximate surface area is 168 Å². The van der Waals surface area contributed by atoms with Crippen LogP contribution < -0.4 is 16.0 Å². The summed E-state index contributed by atoms with van der Waals surface area (Å²) in [5, 5.41) is 26.9. The number of amides is 2. The molecular weight excluding hydrogens is 374 g/mol. The van der Waals surface area contributed by atoms with Gasteiger partial charge in [-0.2, -0.15) is 0 Å². The SMILES string of the molecule is CC(NCc1ccccc1O)C(=O)NCC(=O)N[C@@H](Cc1ccccc1)C(=O)O. The number of carboxylic acids is 1. The summed E-state index contributed by atoms with van der Waals surface area (Å²) in [6.07, 6.45) is 0.147.